The molecule has 9 rings (SSSR count). The van der Waals surface area contributed by atoms with Crippen LogP contribution in [0.3, 0.4) is 0 Å². The Labute approximate surface area is 515 Å². The van der Waals surface area contributed by atoms with Gasteiger partial charge in [-0.2, -0.15) is 0 Å². The fraction of sp³-hybridized carbons (Fsp3) is 0.443. The number of carbonyl (C=O) groups is 8. The molecular formula is C61H72FN10O15PS. The molecule has 28 heteroatoms. The first-order chi connectivity index (χ1) is 42.3. The van der Waals surface area contributed by atoms with Crippen molar-refractivity contribution in [1.82, 2.24) is 45.8 Å². The molecule has 0 aliphatic carbocycles. The number of H-pyrrole nitrogens is 1. The fourth-order valence-corrected chi connectivity index (χ4v) is 13.0. The number of likely N-dealkylation sites (tertiary alicyclic amines) is 1. The number of aromatic amines is 1. The van der Waals surface area contributed by atoms with Crippen LogP contribution >= 0.6 is 18.9 Å². The molecule has 25 nitrogen and oxygen atoms in total. The van der Waals surface area contributed by atoms with E-state index in [9.17, 15) is 57.8 Å². The van der Waals surface area contributed by atoms with Crippen molar-refractivity contribution in [3.05, 3.63) is 118 Å². The molecule has 0 unspecified atom stereocenters. The number of aromatic nitrogens is 3. The third-order valence-electron chi connectivity index (χ3n) is 16.4. The number of β-amino-alcohol motifs (C(OH)–C–C–N with tert-alkyl or cyclic N) is 1. The standard InChI is InChI=1S/C61H72FN10O15PS/c1-32(2)53(60(80)71-28-43(74)26-48(71)58(78)65-33(3)36-11-13-38(14-12-36)55-34(4)64-31-89-55)50-27-52(69-87-50)85-23-7-9-37-8-6-10-49(54(37)62)86-30-41(16-20-51(63)75)66-57(77)47-19-17-42-21-22-70(35(5)73)29-46(59(79)72(42)47)68-56(76)45-25-40-24-39(15-18-44(40)67-45)61(81)88(82,83)84/h6,8,10-15,18,24-25,27,31-33,41-43,46-48,53,67,74H,7,9,16-17,19-23,26,28-30H2,1-5H3,(H2,63,75)(H,65,78)(H,66,77)(H,68,76)(H2,82,83,84)/t33-,41-,42+,43+,46-,47-,48-,53+/m0/s1. The van der Waals surface area contributed by atoms with Gasteiger partial charge in [-0.1, -0.05) is 50.2 Å². The van der Waals surface area contributed by atoms with Gasteiger partial charge in [-0.3, -0.25) is 42.9 Å². The van der Waals surface area contributed by atoms with Gasteiger partial charge in [-0.05, 0) is 110 Å². The van der Waals surface area contributed by atoms with Crippen LogP contribution in [0.5, 0.6) is 11.6 Å². The Bertz CT molecular complexity index is 3680. The molecule has 3 aromatic carbocycles. The highest BCUT2D eigenvalue weighted by molar-refractivity contribution is 7.70. The van der Waals surface area contributed by atoms with E-state index in [1.165, 1.54) is 58.0 Å². The molecule has 474 valence electrons. The number of aliphatic hydroxyl groups excluding tert-OH is 1. The van der Waals surface area contributed by atoms with Gasteiger partial charge < -0.3 is 70.3 Å². The van der Waals surface area contributed by atoms with Crippen molar-refractivity contribution in [3.8, 4) is 22.1 Å². The Morgan fingerprint density at radius 3 is 2.39 bits per heavy atom. The van der Waals surface area contributed by atoms with Gasteiger partial charge in [-0.15, -0.1) is 11.3 Å². The largest absolute Gasteiger partial charge is 0.488 e. The summed E-state index contributed by atoms with van der Waals surface area (Å²) < 4.78 is 45.3. The van der Waals surface area contributed by atoms with Gasteiger partial charge in [-0.25, -0.2) is 9.37 Å². The maximum Gasteiger partial charge on any atom is 0.396 e. The summed E-state index contributed by atoms with van der Waals surface area (Å²) in [4.78, 5) is 139. The zero-order valence-electron chi connectivity index (χ0n) is 49.7. The number of rotatable bonds is 24. The number of fused-ring (bicyclic) bond motifs is 2. The van der Waals surface area contributed by atoms with E-state index in [0.29, 0.717) is 24.8 Å². The first-order valence-corrected chi connectivity index (χ1v) is 31.8. The summed E-state index contributed by atoms with van der Waals surface area (Å²) in [5.41, 5.74) is 9.00. The van der Waals surface area contributed by atoms with Crippen molar-refractivity contribution in [1.29, 1.82) is 0 Å². The van der Waals surface area contributed by atoms with Gasteiger partial charge in [0.05, 0.1) is 40.9 Å². The highest BCUT2D eigenvalue weighted by Crippen LogP contribution is 2.40. The molecule has 89 heavy (non-hydrogen) atoms. The zero-order chi connectivity index (χ0) is 64.0. The lowest BCUT2D eigenvalue weighted by atomic mass is 9.91. The van der Waals surface area contributed by atoms with Crippen LogP contribution in [0.25, 0.3) is 21.3 Å². The quantitative estimate of drug-likeness (QED) is 0.0286. The lowest BCUT2D eigenvalue weighted by Crippen LogP contribution is -2.61. The van der Waals surface area contributed by atoms with Crippen LogP contribution in [0.15, 0.2) is 82.8 Å². The number of aryl methyl sites for hydroxylation is 2. The van der Waals surface area contributed by atoms with E-state index in [-0.39, 0.29) is 116 Å². The number of nitrogens with one attached hydrogen (secondary N) is 4. The van der Waals surface area contributed by atoms with E-state index in [2.05, 4.69) is 31.1 Å². The molecule has 0 radical (unpaired) electrons. The fourth-order valence-electron chi connectivity index (χ4n) is 11.7. The number of nitrogens with zero attached hydrogens (tertiary/aromatic N) is 5. The van der Waals surface area contributed by atoms with Gasteiger partial charge >= 0.3 is 7.60 Å². The Morgan fingerprint density at radius 2 is 1.70 bits per heavy atom. The predicted molar refractivity (Wildman–Crippen MR) is 322 cm³/mol. The van der Waals surface area contributed by atoms with Gasteiger partial charge in [0.2, 0.25) is 35.4 Å². The molecule has 0 bridgehead atoms. The van der Waals surface area contributed by atoms with Crippen LogP contribution in [-0.2, 0) is 39.8 Å². The summed E-state index contributed by atoms with van der Waals surface area (Å²) in [7, 11) is -5.10. The molecule has 3 aliphatic rings. The SMILES string of the molecule is CC(=O)N1CC[C@H]2CC[C@@H](C(=O)N[C@@H](CCC(N)=O)COc3cccc(CCCOc4cc([C@H](C(=O)N5C[C@H](O)C[C@H]5C(=O)N[C@@H](C)c5ccc(-c6scnc6C)cc5)C(C)C)on4)c3F)N2C(=O)[C@@H](NC(=O)c2cc3cc(C(=O)P(=O)(O)O)ccc3[nH]2)C1. The summed E-state index contributed by atoms with van der Waals surface area (Å²) >= 11 is 1.55. The van der Waals surface area contributed by atoms with Crippen molar-refractivity contribution in [2.24, 2.45) is 11.7 Å². The van der Waals surface area contributed by atoms with Crippen LogP contribution in [-0.4, -0.2) is 161 Å². The van der Waals surface area contributed by atoms with E-state index in [4.69, 9.17) is 19.7 Å². The Kier molecular flexibility index (Phi) is 20.5. The predicted octanol–water partition coefficient (Wildman–Crippen LogP) is 5.17. The summed E-state index contributed by atoms with van der Waals surface area (Å²) in [6.07, 6.45) is 0.352. The number of primary amides is 1. The van der Waals surface area contributed by atoms with Crippen LogP contribution in [0.4, 0.5) is 4.39 Å². The van der Waals surface area contributed by atoms with Crippen molar-refractivity contribution >= 4 is 76.7 Å². The molecule has 8 atom stereocenters. The minimum absolute atomic E-state index is 0.00462. The summed E-state index contributed by atoms with van der Waals surface area (Å²) in [5, 5.41) is 23.6. The highest BCUT2D eigenvalue weighted by Gasteiger charge is 2.47. The summed E-state index contributed by atoms with van der Waals surface area (Å²) in [6, 6.07) is 13.9. The van der Waals surface area contributed by atoms with E-state index in [0.717, 1.165) is 21.7 Å². The van der Waals surface area contributed by atoms with E-state index >= 15 is 4.39 Å². The highest BCUT2D eigenvalue weighted by atomic mass is 32.1. The molecule has 0 spiro atoms. The lowest BCUT2D eigenvalue weighted by molar-refractivity contribution is -0.145. The van der Waals surface area contributed by atoms with Crippen molar-refractivity contribution in [3.63, 3.8) is 0 Å². The number of carbonyl (C=O) groups excluding carboxylic acids is 8. The molecule has 3 fully saturated rings. The first-order valence-electron chi connectivity index (χ1n) is 29.3. The molecule has 7 amide bonds. The molecule has 3 aliphatic heterocycles. The molecule has 6 heterocycles. The zero-order valence-corrected chi connectivity index (χ0v) is 51.4. The average molecular weight is 1270 g/mol. The Morgan fingerprint density at radius 1 is 0.944 bits per heavy atom. The number of hydrogen-bond acceptors (Lipinski definition) is 16. The number of hydrogen-bond donors (Lipinski definition) is 8. The van der Waals surface area contributed by atoms with E-state index in [1.807, 2.05) is 52.0 Å². The van der Waals surface area contributed by atoms with Gasteiger partial charge in [0.1, 0.15) is 36.3 Å². The minimum atomic E-state index is -5.10. The maximum absolute atomic E-state index is 16.2. The minimum Gasteiger partial charge on any atom is -0.488 e. The maximum atomic E-state index is 16.2. The second kappa shape index (κ2) is 28.0. The molecule has 3 saturated heterocycles. The molecule has 9 N–H and O–H groups in total. The average Bonchev–Trinajstić information content (AvgIpc) is 2.20. The smallest absolute Gasteiger partial charge is 0.396 e. The molecular weight excluding hydrogens is 1190 g/mol. The van der Waals surface area contributed by atoms with Gasteiger partial charge in [0.15, 0.2) is 17.3 Å². The third kappa shape index (κ3) is 15.4. The van der Waals surface area contributed by atoms with E-state index in [1.54, 1.807) is 29.0 Å². The Balaban J connectivity index is 0.788. The molecule has 3 aromatic heterocycles. The molecule has 6 aromatic rings. The monoisotopic (exact) mass is 1270 g/mol. The first kappa shape index (κ1) is 65.1. The number of aliphatic hydroxyl groups is 1. The van der Waals surface area contributed by atoms with Gasteiger partial charge in [0.25, 0.3) is 17.3 Å². The van der Waals surface area contributed by atoms with Crippen LogP contribution < -0.4 is 31.2 Å². The topological polar surface area (TPSA) is 359 Å². The van der Waals surface area contributed by atoms with E-state index < -0.39 is 103 Å². The Hall–Kier alpha value is -8.36. The summed E-state index contributed by atoms with van der Waals surface area (Å²) in [5.74, 6) is -5.58. The molecule has 0 saturated carbocycles. The van der Waals surface area contributed by atoms with Crippen LogP contribution in [0.2, 0.25) is 0 Å². The number of benzene rings is 3. The number of amides is 7. The van der Waals surface area contributed by atoms with Gasteiger partial charge in [0, 0.05) is 68.0 Å². The number of nitrogens with two attached hydrogens (primary N) is 1. The van der Waals surface area contributed by atoms with Crippen molar-refractivity contribution in [2.75, 3.05) is 32.8 Å². The number of thiazole rings is 1. The second-order valence-electron chi connectivity index (χ2n) is 23.1. The van der Waals surface area contributed by atoms with Crippen LogP contribution in [0, 0.1) is 18.7 Å². The second-order valence-corrected chi connectivity index (χ2v) is 25.5. The lowest BCUT2D eigenvalue weighted by Gasteiger charge is -2.38. The van der Waals surface area contributed by atoms with Crippen LogP contribution in [0.1, 0.15) is 128 Å². The van der Waals surface area contributed by atoms with Crippen molar-refractivity contribution in [2.45, 2.75) is 134 Å². The third-order valence-corrected chi connectivity index (χ3v) is 18.2. The number of ether oxygens (including phenoxy) is 2. The normalized spacial score (nSPS) is 19.7. The summed E-state index contributed by atoms with van der Waals surface area (Å²) in [6.45, 7) is 8.48. The van der Waals surface area contributed by atoms with Crippen molar-refractivity contribution < 1.29 is 76.2 Å². The number of halogens is 1.